The van der Waals surface area contributed by atoms with Crippen molar-refractivity contribution in [3.63, 3.8) is 0 Å². The average Bonchev–Trinajstić information content (AvgIpc) is 2.73. The number of rotatable bonds is 8. The van der Waals surface area contributed by atoms with Crippen molar-refractivity contribution in [3.8, 4) is 0 Å². The lowest BCUT2D eigenvalue weighted by Crippen LogP contribution is -2.42. The Balaban J connectivity index is 2.13. The van der Waals surface area contributed by atoms with Crippen LogP contribution < -0.4 is 5.56 Å². The van der Waals surface area contributed by atoms with Crippen LogP contribution in [0.2, 0.25) is 0 Å². The summed E-state index contributed by atoms with van der Waals surface area (Å²) in [6, 6.07) is 1.02. The van der Waals surface area contributed by atoms with Crippen LogP contribution in [0.4, 0.5) is 4.39 Å². The van der Waals surface area contributed by atoms with Gasteiger partial charge in [-0.1, -0.05) is 0 Å². The molecule has 0 saturated carbocycles. The standard InChI is InChI=1S/C10H16FN2O13P3S/c1-10(15)7(11)5(24-8(10)13-3-2-6(14)12-9(13)30)4-23-28(19,20)26-29(21,22)25-27(16,17)18/h2-3,5,7-8,15H,4H2,1H3,(H,19,20)(H,21,22)(H,12,14,30)(H2,16,17,18)/t5-,7+,8-,10?/m1/s1. The van der Waals surface area contributed by atoms with Gasteiger partial charge in [0.15, 0.2) is 17.2 Å². The number of nitrogens with zero attached hydrogens (tertiary/aromatic N) is 1. The molecule has 1 aliphatic rings. The van der Waals surface area contributed by atoms with Crippen LogP contribution in [0.3, 0.4) is 0 Å². The van der Waals surface area contributed by atoms with E-state index in [1.54, 1.807) is 0 Å². The zero-order valence-corrected chi connectivity index (χ0v) is 18.2. The van der Waals surface area contributed by atoms with Crippen molar-refractivity contribution < 1.29 is 60.6 Å². The SMILES string of the molecule is CC1(O)[C@@H](F)[C@@H](COP(=O)(O)OP(=O)(O)OP(=O)(O)O)O[C@H]1n1ccc(=O)[nH]c1=S. The molecule has 1 aromatic rings. The number of alkyl halides is 1. The van der Waals surface area contributed by atoms with Crippen molar-refractivity contribution in [2.24, 2.45) is 0 Å². The molecule has 0 aliphatic carbocycles. The van der Waals surface area contributed by atoms with Crippen LogP contribution in [0.25, 0.3) is 0 Å². The third kappa shape index (κ3) is 6.43. The first-order valence-corrected chi connectivity index (χ1v) is 12.5. The molecule has 1 aromatic heterocycles. The van der Waals surface area contributed by atoms with E-state index in [-0.39, 0.29) is 4.77 Å². The van der Waals surface area contributed by atoms with E-state index >= 15 is 0 Å². The van der Waals surface area contributed by atoms with Gasteiger partial charge in [0, 0.05) is 12.3 Å². The van der Waals surface area contributed by atoms with E-state index in [9.17, 15) is 32.9 Å². The van der Waals surface area contributed by atoms with E-state index in [1.807, 2.05) is 0 Å². The van der Waals surface area contributed by atoms with E-state index in [4.69, 9.17) is 31.6 Å². The van der Waals surface area contributed by atoms with E-state index in [0.29, 0.717) is 0 Å². The van der Waals surface area contributed by atoms with Crippen molar-refractivity contribution in [1.29, 1.82) is 0 Å². The number of hydrogen-bond donors (Lipinski definition) is 6. The largest absolute Gasteiger partial charge is 0.490 e. The van der Waals surface area contributed by atoms with Crippen molar-refractivity contribution in [3.05, 3.63) is 27.4 Å². The Bertz CT molecular complexity index is 1050. The summed E-state index contributed by atoms with van der Waals surface area (Å²) in [5.41, 5.74) is -2.84. The number of H-pyrrole nitrogens is 1. The molecule has 6 atom stereocenters. The van der Waals surface area contributed by atoms with Crippen molar-refractivity contribution in [1.82, 2.24) is 9.55 Å². The second-order valence-electron chi connectivity index (χ2n) is 6.06. The van der Waals surface area contributed by atoms with Gasteiger partial charge in [-0.05, 0) is 19.1 Å². The number of hydrogen-bond acceptors (Lipinski definition) is 10. The highest BCUT2D eigenvalue weighted by molar-refractivity contribution is 7.71. The number of aliphatic hydroxyl groups is 1. The second kappa shape index (κ2) is 8.71. The maximum absolute atomic E-state index is 14.6. The number of ether oxygens (including phenoxy) is 1. The maximum Gasteiger partial charge on any atom is 0.490 e. The molecule has 172 valence electrons. The lowest BCUT2D eigenvalue weighted by atomic mass is 9.98. The van der Waals surface area contributed by atoms with Crippen molar-refractivity contribution >= 4 is 35.7 Å². The fourth-order valence-electron chi connectivity index (χ4n) is 2.44. The van der Waals surface area contributed by atoms with Crippen LogP contribution >= 0.6 is 35.7 Å². The summed E-state index contributed by atoms with van der Waals surface area (Å²) >= 11 is 4.90. The minimum absolute atomic E-state index is 0.228. The summed E-state index contributed by atoms with van der Waals surface area (Å²) in [4.78, 5) is 48.9. The Labute approximate surface area is 171 Å². The zero-order chi connectivity index (χ0) is 23.1. The summed E-state index contributed by atoms with van der Waals surface area (Å²) in [6.45, 7) is -0.103. The van der Waals surface area contributed by atoms with Gasteiger partial charge in [0.1, 0.15) is 11.7 Å². The monoisotopic (exact) mass is 516 g/mol. The van der Waals surface area contributed by atoms with Crippen LogP contribution in [-0.2, 0) is 31.6 Å². The highest BCUT2D eigenvalue weighted by Gasteiger charge is 2.55. The Hall–Kier alpha value is -0.640. The molecule has 0 radical (unpaired) electrons. The van der Waals surface area contributed by atoms with Gasteiger partial charge in [-0.25, -0.2) is 18.1 Å². The lowest BCUT2D eigenvalue weighted by molar-refractivity contribution is -0.0920. The quantitative estimate of drug-likeness (QED) is 0.201. The Kier molecular flexibility index (Phi) is 7.44. The summed E-state index contributed by atoms with van der Waals surface area (Å²) in [5.74, 6) is 0. The first-order chi connectivity index (χ1) is 13.4. The highest BCUT2D eigenvalue weighted by atomic mass is 32.1. The Morgan fingerprint density at radius 3 is 2.40 bits per heavy atom. The fraction of sp³-hybridized carbons (Fsp3) is 0.600. The molecule has 2 rings (SSSR count). The van der Waals surface area contributed by atoms with Crippen LogP contribution in [-0.4, -0.2) is 58.7 Å². The van der Waals surface area contributed by atoms with Gasteiger partial charge in [-0.3, -0.25) is 18.9 Å². The molecular weight excluding hydrogens is 500 g/mol. The summed E-state index contributed by atoms with van der Waals surface area (Å²) in [5, 5.41) is 10.4. The summed E-state index contributed by atoms with van der Waals surface area (Å²) < 4.78 is 65.6. The Morgan fingerprint density at radius 1 is 1.27 bits per heavy atom. The van der Waals surface area contributed by atoms with Crippen LogP contribution in [0.5, 0.6) is 0 Å². The lowest BCUT2D eigenvalue weighted by Gasteiger charge is -2.26. The molecule has 2 heterocycles. The molecular formula is C10H16FN2O13P3S. The second-order valence-corrected chi connectivity index (χ2v) is 10.9. The molecule has 3 unspecified atom stereocenters. The molecule has 20 heteroatoms. The number of aromatic amines is 1. The van der Waals surface area contributed by atoms with Gasteiger partial charge in [0.25, 0.3) is 5.56 Å². The van der Waals surface area contributed by atoms with E-state index in [0.717, 1.165) is 23.8 Å². The fourth-order valence-corrected chi connectivity index (χ4v) is 5.73. The van der Waals surface area contributed by atoms with E-state index in [1.165, 1.54) is 0 Å². The number of halogens is 1. The van der Waals surface area contributed by atoms with Gasteiger partial charge in [0.05, 0.1) is 6.61 Å². The minimum Gasteiger partial charge on any atom is -0.382 e. The number of nitrogens with one attached hydrogen (secondary N) is 1. The molecule has 0 amide bonds. The van der Waals surface area contributed by atoms with Gasteiger partial charge < -0.3 is 29.4 Å². The highest BCUT2D eigenvalue weighted by Crippen LogP contribution is 2.66. The molecule has 1 fully saturated rings. The van der Waals surface area contributed by atoms with Gasteiger partial charge in [-0.15, -0.1) is 0 Å². The molecule has 0 aromatic carbocycles. The number of phosphoric acid groups is 3. The van der Waals surface area contributed by atoms with Crippen LogP contribution in [0.15, 0.2) is 17.1 Å². The molecule has 15 nitrogen and oxygen atoms in total. The molecule has 0 spiro atoms. The van der Waals surface area contributed by atoms with Gasteiger partial charge >= 0.3 is 23.5 Å². The van der Waals surface area contributed by atoms with Crippen molar-refractivity contribution in [2.45, 2.75) is 31.0 Å². The predicted molar refractivity (Wildman–Crippen MR) is 95.1 cm³/mol. The topological polar surface area (TPSA) is 227 Å². The van der Waals surface area contributed by atoms with Gasteiger partial charge in [0.2, 0.25) is 0 Å². The molecule has 0 bridgehead atoms. The molecule has 30 heavy (non-hydrogen) atoms. The smallest absolute Gasteiger partial charge is 0.382 e. The first-order valence-electron chi connectivity index (χ1n) is 7.55. The maximum atomic E-state index is 14.6. The minimum atomic E-state index is -5.75. The summed E-state index contributed by atoms with van der Waals surface area (Å²) in [6.07, 6.45) is -4.38. The molecule has 1 saturated heterocycles. The van der Waals surface area contributed by atoms with Gasteiger partial charge in [-0.2, -0.15) is 8.62 Å². The number of aromatic nitrogens is 2. The number of phosphoric ester groups is 1. The molecule has 6 N–H and O–H groups in total. The third-order valence-corrected chi connectivity index (χ3v) is 7.73. The summed E-state index contributed by atoms with van der Waals surface area (Å²) in [7, 11) is -16.8. The zero-order valence-electron chi connectivity index (χ0n) is 14.7. The molecule has 1 aliphatic heterocycles. The van der Waals surface area contributed by atoms with Crippen LogP contribution in [0.1, 0.15) is 13.2 Å². The predicted octanol–water partition coefficient (Wildman–Crippen LogP) is 0.236. The van der Waals surface area contributed by atoms with Crippen LogP contribution in [0, 0.1) is 4.77 Å². The Morgan fingerprint density at radius 2 is 1.87 bits per heavy atom. The van der Waals surface area contributed by atoms with Crippen molar-refractivity contribution in [2.75, 3.05) is 6.61 Å². The van der Waals surface area contributed by atoms with E-state index < -0.39 is 59.7 Å². The van der Waals surface area contributed by atoms with E-state index in [2.05, 4.69) is 18.1 Å². The average molecular weight is 516 g/mol. The third-order valence-electron chi connectivity index (χ3n) is 3.61. The first kappa shape index (κ1) is 25.6. The normalized spacial score (nSPS) is 31.2.